The third-order valence-electron chi connectivity index (χ3n) is 5.65. The topological polar surface area (TPSA) is 50.8 Å². The molecule has 5 nitrogen and oxygen atoms in total. The van der Waals surface area contributed by atoms with Crippen LogP contribution in [0.2, 0.25) is 0 Å². The number of ether oxygens (including phenoxy) is 2. The summed E-state index contributed by atoms with van der Waals surface area (Å²) in [7, 11) is 0. The maximum Gasteiger partial charge on any atom is 0.411 e. The van der Waals surface area contributed by atoms with Gasteiger partial charge in [0.25, 0.3) is 0 Å². The van der Waals surface area contributed by atoms with E-state index < -0.39 is 0 Å². The number of nitrogens with zero attached hydrogens (tertiary/aromatic N) is 1. The molecule has 0 bridgehead atoms. The van der Waals surface area contributed by atoms with Gasteiger partial charge in [0.05, 0.1) is 6.61 Å². The van der Waals surface area contributed by atoms with Crippen molar-refractivity contribution in [3.05, 3.63) is 24.3 Å². The molecule has 1 N–H and O–H groups in total. The Morgan fingerprint density at radius 2 is 1.79 bits per heavy atom. The Bertz CT molecular complexity index is 576. The van der Waals surface area contributed by atoms with Gasteiger partial charge >= 0.3 is 6.09 Å². The number of hydrogen-bond acceptors (Lipinski definition) is 4. The van der Waals surface area contributed by atoms with Gasteiger partial charge in [-0.15, -0.1) is 12.4 Å². The average Bonchev–Trinajstić information content (AvgIpc) is 2.70. The second kappa shape index (κ2) is 12.2. The number of likely N-dealkylation sites (tertiary alicyclic amines) is 1. The molecular formula is C22H35ClN2O3. The fraction of sp³-hybridized carbons (Fsp3) is 0.682. The average molecular weight is 411 g/mol. The van der Waals surface area contributed by atoms with Gasteiger partial charge in [0, 0.05) is 11.7 Å². The van der Waals surface area contributed by atoms with Gasteiger partial charge in [0.2, 0.25) is 0 Å². The summed E-state index contributed by atoms with van der Waals surface area (Å²) in [5.74, 6) is 0.833. The maximum atomic E-state index is 12.4. The molecule has 1 saturated heterocycles. The second-order valence-corrected chi connectivity index (χ2v) is 7.74. The minimum Gasteiger partial charge on any atom is -0.494 e. The molecule has 1 aliphatic heterocycles. The number of amides is 1. The van der Waals surface area contributed by atoms with E-state index >= 15 is 0 Å². The van der Waals surface area contributed by atoms with Crippen LogP contribution in [0.25, 0.3) is 0 Å². The molecule has 0 unspecified atom stereocenters. The number of rotatable bonds is 7. The number of carbonyl (C=O) groups excluding carboxylic acids is 1. The third-order valence-corrected chi connectivity index (χ3v) is 5.65. The third kappa shape index (κ3) is 6.85. The van der Waals surface area contributed by atoms with Crippen molar-refractivity contribution in [3.63, 3.8) is 0 Å². The number of carbonyl (C=O) groups is 1. The van der Waals surface area contributed by atoms with E-state index in [1.165, 1.54) is 25.7 Å². The fourth-order valence-corrected chi connectivity index (χ4v) is 4.14. The van der Waals surface area contributed by atoms with Crippen LogP contribution >= 0.6 is 12.4 Å². The van der Waals surface area contributed by atoms with Crippen LogP contribution in [0.15, 0.2) is 24.3 Å². The number of unbranched alkanes of at least 4 members (excludes halogenated alkanes) is 1. The zero-order valence-corrected chi connectivity index (χ0v) is 17.8. The van der Waals surface area contributed by atoms with Crippen molar-refractivity contribution in [1.29, 1.82) is 0 Å². The molecule has 0 spiro atoms. The van der Waals surface area contributed by atoms with Crippen molar-refractivity contribution in [2.45, 2.75) is 76.9 Å². The molecule has 1 saturated carbocycles. The molecule has 1 aromatic carbocycles. The number of halogens is 1. The van der Waals surface area contributed by atoms with Crippen molar-refractivity contribution in [1.82, 2.24) is 4.90 Å². The van der Waals surface area contributed by atoms with E-state index in [9.17, 15) is 4.79 Å². The van der Waals surface area contributed by atoms with Crippen molar-refractivity contribution >= 4 is 24.2 Å². The Kier molecular flexibility index (Phi) is 9.93. The van der Waals surface area contributed by atoms with Gasteiger partial charge in [0.15, 0.2) is 0 Å². The van der Waals surface area contributed by atoms with Gasteiger partial charge < -0.3 is 9.47 Å². The predicted octanol–water partition coefficient (Wildman–Crippen LogP) is 5.63. The summed E-state index contributed by atoms with van der Waals surface area (Å²) in [6.45, 7) is 5.16. The first kappa shape index (κ1) is 22.8. The van der Waals surface area contributed by atoms with Crippen molar-refractivity contribution in [3.8, 4) is 5.75 Å². The van der Waals surface area contributed by atoms with Crippen LogP contribution in [0.3, 0.4) is 0 Å². The van der Waals surface area contributed by atoms with E-state index in [1.807, 2.05) is 24.3 Å². The quantitative estimate of drug-likeness (QED) is 0.591. The summed E-state index contributed by atoms with van der Waals surface area (Å²) in [6, 6.07) is 7.90. The summed E-state index contributed by atoms with van der Waals surface area (Å²) >= 11 is 0. The van der Waals surface area contributed by atoms with Crippen LogP contribution < -0.4 is 10.1 Å². The van der Waals surface area contributed by atoms with E-state index in [1.54, 1.807) is 0 Å². The Labute approximate surface area is 175 Å². The Morgan fingerprint density at radius 1 is 1.07 bits per heavy atom. The molecule has 28 heavy (non-hydrogen) atoms. The van der Waals surface area contributed by atoms with Crippen LogP contribution in [-0.4, -0.2) is 42.8 Å². The van der Waals surface area contributed by atoms with Gasteiger partial charge in [-0.05, 0) is 75.9 Å². The van der Waals surface area contributed by atoms with Crippen molar-refractivity contribution in [2.75, 3.05) is 25.0 Å². The lowest BCUT2D eigenvalue weighted by atomic mass is 9.90. The highest BCUT2D eigenvalue weighted by atomic mass is 35.5. The molecular weight excluding hydrogens is 376 g/mol. The zero-order chi connectivity index (χ0) is 18.9. The number of piperidine rings is 1. The Hall–Kier alpha value is -1.46. The SMILES string of the molecule is CCCCOc1ccc(NC(=O)O[C@H]2CCCC[C@@H]2N2CCCCC2)cc1.Cl. The molecule has 1 heterocycles. The second-order valence-electron chi connectivity index (χ2n) is 7.74. The minimum absolute atomic E-state index is 0. The molecule has 2 aliphatic rings. The molecule has 1 amide bonds. The molecule has 1 aromatic rings. The highest BCUT2D eigenvalue weighted by Gasteiger charge is 2.33. The molecule has 0 radical (unpaired) electrons. The lowest BCUT2D eigenvalue weighted by Gasteiger charge is -2.41. The number of nitrogens with one attached hydrogen (secondary N) is 1. The van der Waals surface area contributed by atoms with Gasteiger partial charge in [0.1, 0.15) is 11.9 Å². The lowest BCUT2D eigenvalue weighted by Crippen LogP contribution is -2.49. The summed E-state index contributed by atoms with van der Waals surface area (Å²) in [5, 5.41) is 2.87. The van der Waals surface area contributed by atoms with Crippen LogP contribution in [0, 0.1) is 0 Å². The van der Waals surface area contributed by atoms with Crippen LogP contribution in [0.1, 0.15) is 64.7 Å². The first-order chi connectivity index (χ1) is 13.3. The monoisotopic (exact) mass is 410 g/mol. The molecule has 158 valence electrons. The van der Waals surface area contributed by atoms with E-state index in [4.69, 9.17) is 9.47 Å². The summed E-state index contributed by atoms with van der Waals surface area (Å²) in [6.07, 6.45) is 10.2. The van der Waals surface area contributed by atoms with E-state index in [-0.39, 0.29) is 24.6 Å². The van der Waals surface area contributed by atoms with Gasteiger partial charge in [-0.2, -0.15) is 0 Å². The first-order valence-corrected chi connectivity index (χ1v) is 10.7. The molecule has 6 heteroatoms. The number of benzene rings is 1. The van der Waals surface area contributed by atoms with E-state index in [0.29, 0.717) is 6.04 Å². The van der Waals surface area contributed by atoms with E-state index in [2.05, 4.69) is 17.1 Å². The van der Waals surface area contributed by atoms with Crippen LogP contribution in [-0.2, 0) is 4.74 Å². The normalized spacial score (nSPS) is 22.8. The lowest BCUT2D eigenvalue weighted by molar-refractivity contribution is 0.00174. The zero-order valence-electron chi connectivity index (χ0n) is 17.0. The molecule has 2 atom stereocenters. The van der Waals surface area contributed by atoms with E-state index in [0.717, 1.165) is 63.2 Å². The standard InChI is InChI=1S/C22H34N2O3.ClH/c1-2-3-17-26-19-13-11-18(12-14-19)23-22(25)27-21-10-6-5-9-20(21)24-15-7-4-8-16-24;/h11-14,20-21H,2-10,15-17H2,1H3,(H,23,25);1H/t20-,21-;/m0./s1. The molecule has 2 fully saturated rings. The maximum absolute atomic E-state index is 12.4. The van der Waals surface area contributed by atoms with Gasteiger partial charge in [-0.25, -0.2) is 4.79 Å². The van der Waals surface area contributed by atoms with Crippen molar-refractivity contribution in [2.24, 2.45) is 0 Å². The minimum atomic E-state index is -0.344. The first-order valence-electron chi connectivity index (χ1n) is 10.7. The number of hydrogen-bond donors (Lipinski definition) is 1. The molecule has 0 aromatic heterocycles. The Balaban J connectivity index is 0.00000280. The highest BCUT2D eigenvalue weighted by molar-refractivity contribution is 5.85. The fourth-order valence-electron chi connectivity index (χ4n) is 4.14. The largest absolute Gasteiger partial charge is 0.494 e. The summed E-state index contributed by atoms with van der Waals surface area (Å²) in [5.41, 5.74) is 0.744. The van der Waals surface area contributed by atoms with Crippen molar-refractivity contribution < 1.29 is 14.3 Å². The van der Waals surface area contributed by atoms with Gasteiger partial charge in [-0.1, -0.05) is 26.2 Å². The smallest absolute Gasteiger partial charge is 0.411 e. The highest BCUT2D eigenvalue weighted by Crippen LogP contribution is 2.28. The Morgan fingerprint density at radius 3 is 2.50 bits per heavy atom. The van der Waals surface area contributed by atoms with Crippen LogP contribution in [0.4, 0.5) is 10.5 Å². The molecule has 1 aliphatic carbocycles. The number of anilines is 1. The summed E-state index contributed by atoms with van der Waals surface area (Å²) in [4.78, 5) is 15.0. The summed E-state index contributed by atoms with van der Waals surface area (Å²) < 4.78 is 11.5. The van der Waals surface area contributed by atoms with Crippen LogP contribution in [0.5, 0.6) is 5.75 Å². The van der Waals surface area contributed by atoms with Gasteiger partial charge in [-0.3, -0.25) is 10.2 Å². The predicted molar refractivity (Wildman–Crippen MR) is 116 cm³/mol. The molecule has 3 rings (SSSR count).